The number of amides is 2. The number of piperazine rings is 2. The molecule has 3 unspecified atom stereocenters. The molecule has 4 saturated heterocycles. The number of anilines is 2. The number of pyridine rings is 1. The molecule has 1 aliphatic carbocycles. The number of nitrogens with one attached hydrogen (secondary N) is 3. The van der Waals surface area contributed by atoms with Gasteiger partial charge in [-0.3, -0.25) is 14.4 Å². The molecule has 18 heteroatoms. The number of halogens is 2. The highest BCUT2D eigenvalue weighted by atomic mass is 19.1. The number of aromatic hydroxyl groups is 1. The SMILES string of the molecule is C#Cc1c(F)ccc2cc(O)cc(-c3[nH]c(=O)c4c(N5CC6CCCC(C5)N6)nc(OCC5(CN6CCN(CC7CCN(c8ccc(C)c(CN(C=O)C(C)CCC=O)c8)CC7)CC6)CC5)nc4c3F)c12.CNC=O. The summed E-state index contributed by atoms with van der Waals surface area (Å²) in [7, 11) is 1.56. The number of phenols is 1. The molecular formula is C57H70F2N10O6. The summed E-state index contributed by atoms with van der Waals surface area (Å²) in [5, 5.41) is 17.2. The number of nitrogens with zero attached hydrogens (tertiary/aromatic N) is 7. The van der Waals surface area contributed by atoms with E-state index >= 15 is 8.78 Å². The van der Waals surface area contributed by atoms with Crippen LogP contribution in [0.1, 0.15) is 81.4 Å². The van der Waals surface area contributed by atoms with E-state index in [4.69, 9.17) is 20.9 Å². The number of aromatic amines is 1. The van der Waals surface area contributed by atoms with Crippen molar-refractivity contribution >= 4 is 52.3 Å². The number of carbonyl (C=O) groups excluding carboxylic acids is 3. The normalized spacial score (nSPS) is 20.2. The number of terminal acetylenes is 1. The van der Waals surface area contributed by atoms with E-state index in [1.165, 1.54) is 30.0 Å². The standard InChI is InChI=1S/C55H65F2N9O5.C2H5NO/c1-4-44-46(56)13-11-38-26-43(69)27-45(47(38)44)50-49(57)51-48(53(70)59-50)52(65-30-40-8-5-9-41(31-65)58-40)61-54(60-51)71-33-55(16-17-55)32-63-22-20-62(21-23-63)28-37-14-18-64(19-15-37)42-12-10-35(2)39(25-42)29-66(34-68)36(3)7-6-24-67;1-3-2-4/h1,10-13,24-27,34,36-37,40-41,58,69H,5-9,14-23,28-33H2,2-3H3,(H,59,70);2H,1H3,(H,3,4). The molecule has 2 bridgehead atoms. The van der Waals surface area contributed by atoms with Crippen molar-refractivity contribution in [2.24, 2.45) is 11.3 Å². The van der Waals surface area contributed by atoms with Gasteiger partial charge in [0.2, 0.25) is 12.8 Å². The summed E-state index contributed by atoms with van der Waals surface area (Å²) in [6, 6.07) is 12.3. The molecule has 398 valence electrons. The summed E-state index contributed by atoms with van der Waals surface area (Å²) in [4.78, 5) is 69.9. The van der Waals surface area contributed by atoms with E-state index in [2.05, 4.69) is 71.2 Å². The van der Waals surface area contributed by atoms with Crippen LogP contribution in [0, 0.1) is 42.2 Å². The number of carbonyl (C=O) groups is 3. The quantitative estimate of drug-likeness (QED) is 0.0583. The Morgan fingerprint density at radius 3 is 2.35 bits per heavy atom. The largest absolute Gasteiger partial charge is 0.508 e. The van der Waals surface area contributed by atoms with Crippen LogP contribution in [0.2, 0.25) is 0 Å². The zero-order chi connectivity index (χ0) is 52.8. The molecule has 2 aromatic heterocycles. The molecule has 3 aromatic carbocycles. The highest BCUT2D eigenvalue weighted by Gasteiger charge is 2.46. The number of rotatable bonds is 18. The van der Waals surface area contributed by atoms with Gasteiger partial charge in [0.15, 0.2) is 5.82 Å². The van der Waals surface area contributed by atoms with Crippen LogP contribution >= 0.6 is 0 Å². The lowest BCUT2D eigenvalue weighted by molar-refractivity contribution is -0.121. The van der Waals surface area contributed by atoms with Gasteiger partial charge in [-0.25, -0.2) is 8.78 Å². The maximum absolute atomic E-state index is 17.3. The fraction of sp³-hybridized carbons (Fsp3) is 0.509. The Labute approximate surface area is 437 Å². The first-order valence-electron chi connectivity index (χ1n) is 26.6. The molecule has 6 heterocycles. The third-order valence-electron chi connectivity index (χ3n) is 16.2. The first-order valence-corrected chi connectivity index (χ1v) is 26.6. The number of hydrogen-bond donors (Lipinski definition) is 4. The predicted octanol–water partition coefficient (Wildman–Crippen LogP) is 6.12. The van der Waals surface area contributed by atoms with Crippen LogP contribution in [0.5, 0.6) is 11.8 Å². The van der Waals surface area contributed by atoms with Crippen molar-refractivity contribution in [3.8, 4) is 35.4 Å². The second-order valence-electron chi connectivity index (χ2n) is 21.4. The maximum Gasteiger partial charge on any atom is 0.319 e. The molecule has 75 heavy (non-hydrogen) atoms. The van der Waals surface area contributed by atoms with Crippen LogP contribution < -0.4 is 30.7 Å². The highest BCUT2D eigenvalue weighted by Crippen LogP contribution is 2.47. The molecule has 2 amide bonds. The number of phenolic OH excluding ortho intramolecular Hbond substituents is 1. The minimum atomic E-state index is -0.856. The Morgan fingerprint density at radius 2 is 1.68 bits per heavy atom. The monoisotopic (exact) mass is 1030 g/mol. The second-order valence-corrected chi connectivity index (χ2v) is 21.4. The fourth-order valence-corrected chi connectivity index (χ4v) is 11.6. The number of ether oxygens (including phenoxy) is 1. The number of hydrogen-bond acceptors (Lipinski definition) is 13. The van der Waals surface area contributed by atoms with E-state index in [1.54, 1.807) is 11.9 Å². The molecule has 5 fully saturated rings. The average Bonchev–Trinajstić information content (AvgIpc) is 4.21. The Balaban J connectivity index is 0.00000166. The third kappa shape index (κ3) is 12.1. The average molecular weight is 1030 g/mol. The molecule has 16 nitrogen and oxygen atoms in total. The number of fused-ring (bicyclic) bond motifs is 4. The number of piperidine rings is 2. The number of aryl methyl sites for hydroxylation is 1. The summed E-state index contributed by atoms with van der Waals surface area (Å²) in [6.45, 7) is 14.0. The van der Waals surface area contributed by atoms with Crippen molar-refractivity contribution in [3.05, 3.63) is 81.1 Å². The van der Waals surface area contributed by atoms with E-state index < -0.39 is 17.2 Å². The molecule has 0 radical (unpaired) electrons. The van der Waals surface area contributed by atoms with E-state index in [-0.39, 0.29) is 68.4 Å². The molecular weight excluding hydrogens is 959 g/mol. The fourth-order valence-electron chi connectivity index (χ4n) is 11.6. The molecule has 5 aromatic rings. The van der Waals surface area contributed by atoms with E-state index in [1.807, 2.05) is 6.92 Å². The zero-order valence-electron chi connectivity index (χ0n) is 43.4. The van der Waals surface area contributed by atoms with Crippen LogP contribution in [0.4, 0.5) is 20.3 Å². The van der Waals surface area contributed by atoms with Crippen molar-refractivity contribution in [3.63, 3.8) is 0 Å². The van der Waals surface area contributed by atoms with Crippen LogP contribution in [0.15, 0.2) is 47.3 Å². The lowest BCUT2D eigenvalue weighted by atomic mass is 9.94. The Bertz CT molecular complexity index is 2970. The second kappa shape index (κ2) is 23.5. The number of aldehydes is 1. The number of benzene rings is 3. The first-order chi connectivity index (χ1) is 36.3. The summed E-state index contributed by atoms with van der Waals surface area (Å²) in [5.41, 5.74) is 2.24. The zero-order valence-corrected chi connectivity index (χ0v) is 43.4. The van der Waals surface area contributed by atoms with Crippen molar-refractivity contribution in [1.82, 2.24) is 40.3 Å². The summed E-state index contributed by atoms with van der Waals surface area (Å²) < 4.78 is 38.8. The predicted molar refractivity (Wildman–Crippen MR) is 287 cm³/mol. The maximum atomic E-state index is 17.3. The third-order valence-corrected chi connectivity index (χ3v) is 16.2. The van der Waals surface area contributed by atoms with Crippen molar-refractivity contribution in [1.29, 1.82) is 0 Å². The number of H-pyrrole nitrogens is 1. The van der Waals surface area contributed by atoms with Gasteiger partial charge in [-0.05, 0) is 112 Å². The summed E-state index contributed by atoms with van der Waals surface area (Å²) in [6.07, 6.45) is 16.6. The van der Waals surface area contributed by atoms with Crippen LogP contribution in [0.3, 0.4) is 0 Å². The van der Waals surface area contributed by atoms with Gasteiger partial charge >= 0.3 is 6.01 Å². The number of aromatic nitrogens is 3. The van der Waals surface area contributed by atoms with Gasteiger partial charge < -0.3 is 54.8 Å². The minimum Gasteiger partial charge on any atom is -0.508 e. The molecule has 4 N–H and O–H groups in total. The van der Waals surface area contributed by atoms with Crippen LogP contribution in [0.25, 0.3) is 32.9 Å². The molecule has 10 rings (SSSR count). The van der Waals surface area contributed by atoms with Crippen molar-refractivity contribution in [2.45, 2.75) is 96.3 Å². The Morgan fingerprint density at radius 1 is 0.960 bits per heavy atom. The van der Waals surface area contributed by atoms with Gasteiger partial charge in [0.05, 0.1) is 17.9 Å². The Hall–Kier alpha value is -6.68. The topological polar surface area (TPSA) is 180 Å². The molecule has 0 spiro atoms. The summed E-state index contributed by atoms with van der Waals surface area (Å²) in [5.74, 6) is 1.58. The Kier molecular flexibility index (Phi) is 16.6. The van der Waals surface area contributed by atoms with Gasteiger partial charge in [-0.1, -0.05) is 24.5 Å². The molecule has 1 saturated carbocycles. The van der Waals surface area contributed by atoms with Crippen LogP contribution in [-0.2, 0) is 20.9 Å². The van der Waals surface area contributed by atoms with Crippen molar-refractivity contribution < 1.29 is 33.0 Å². The summed E-state index contributed by atoms with van der Waals surface area (Å²) >= 11 is 0. The van der Waals surface area contributed by atoms with Gasteiger partial charge in [0.1, 0.15) is 34.6 Å². The first kappa shape index (κ1) is 53.2. The van der Waals surface area contributed by atoms with Crippen molar-refractivity contribution in [2.75, 3.05) is 88.9 Å². The van der Waals surface area contributed by atoms with Gasteiger partial charge in [0, 0.05) is 126 Å². The minimum absolute atomic E-state index is 0.00331. The van der Waals surface area contributed by atoms with Gasteiger partial charge in [-0.2, -0.15) is 9.97 Å². The lowest BCUT2D eigenvalue weighted by Gasteiger charge is -2.43. The lowest BCUT2D eigenvalue weighted by Crippen LogP contribution is -2.59. The molecule has 3 atom stereocenters. The molecule has 5 aliphatic rings. The van der Waals surface area contributed by atoms with E-state index in [0.29, 0.717) is 62.6 Å². The highest BCUT2D eigenvalue weighted by molar-refractivity contribution is 6.03. The smallest absolute Gasteiger partial charge is 0.319 e. The van der Waals surface area contributed by atoms with Gasteiger partial charge in [0.25, 0.3) is 5.56 Å². The van der Waals surface area contributed by atoms with Gasteiger partial charge in [-0.15, -0.1) is 6.42 Å². The van der Waals surface area contributed by atoms with E-state index in [0.717, 1.165) is 121 Å². The van der Waals surface area contributed by atoms with E-state index in [9.17, 15) is 19.5 Å². The molecule has 4 aliphatic heterocycles. The van der Waals surface area contributed by atoms with Crippen LogP contribution in [-0.4, -0.2) is 151 Å².